The van der Waals surface area contributed by atoms with E-state index in [0.717, 1.165) is 63.7 Å². The van der Waals surface area contributed by atoms with E-state index in [9.17, 15) is 19.3 Å². The summed E-state index contributed by atoms with van der Waals surface area (Å²) < 4.78 is 26.4. The summed E-state index contributed by atoms with van der Waals surface area (Å²) in [5.41, 5.74) is 0. The van der Waals surface area contributed by atoms with Gasteiger partial charge in [-0.05, 0) is 44.4 Å². The van der Waals surface area contributed by atoms with Crippen molar-refractivity contribution in [1.29, 1.82) is 0 Å². The van der Waals surface area contributed by atoms with Gasteiger partial charge in [-0.15, -0.1) is 0 Å². The van der Waals surface area contributed by atoms with Gasteiger partial charge in [-0.3, -0.25) is 14.1 Å². The highest BCUT2D eigenvalue weighted by Crippen LogP contribution is 2.36. The van der Waals surface area contributed by atoms with Gasteiger partial charge < -0.3 is 24.4 Å². The molecular weight excluding hydrogens is 739 g/mol. The third kappa shape index (κ3) is 44.9. The number of rotatable bonds is 41. The standard InChI is InChI=1S/C47H85O9P/c1-4-5-31-37-44(48)38-33-28-24-20-16-14-18-21-25-29-34-39-46(49)54-41-45(42-55-57(51,52)53)56-47(50)40-35-30-26-22-17-13-11-9-7-6-8-10-12-15-19-23-27-32-36-43(2)3/h14,16,21,24-25,28,33,38,43-45,48H,4-13,15,17-20,22-23,26-27,29-32,34-37,39-42H2,1-3H3,(H2,51,52,53)/b16-14-,25-21-,28-24-,38-33+/t44-,45-/m1/s1. The minimum atomic E-state index is -4.78. The molecule has 0 bridgehead atoms. The SMILES string of the molecule is CCCCC[C@@H](O)/C=C/C=C\C/C=C\C/C=C\CCCC(=O)OC[C@H](COP(=O)(O)O)OC(=O)CCCCCCCCCCCCCCCCCCCCC(C)C. The molecule has 332 valence electrons. The van der Waals surface area contributed by atoms with Crippen LogP contribution in [-0.2, 0) is 28.2 Å². The molecule has 0 spiro atoms. The number of phosphoric acid groups is 1. The number of esters is 2. The van der Waals surface area contributed by atoms with Crippen LogP contribution >= 0.6 is 7.82 Å². The van der Waals surface area contributed by atoms with Crippen LogP contribution in [0.25, 0.3) is 0 Å². The van der Waals surface area contributed by atoms with Gasteiger partial charge in [0.15, 0.2) is 6.10 Å². The van der Waals surface area contributed by atoms with Gasteiger partial charge in [0.25, 0.3) is 0 Å². The molecule has 2 atom stereocenters. The quantitative estimate of drug-likeness (QED) is 0.0181. The summed E-state index contributed by atoms with van der Waals surface area (Å²) >= 11 is 0. The Hall–Kier alpha value is -2.03. The van der Waals surface area contributed by atoms with Crippen LogP contribution in [0.3, 0.4) is 0 Å². The summed E-state index contributed by atoms with van der Waals surface area (Å²) in [5, 5.41) is 9.88. The monoisotopic (exact) mass is 825 g/mol. The van der Waals surface area contributed by atoms with E-state index in [-0.39, 0.29) is 25.6 Å². The lowest BCUT2D eigenvalue weighted by molar-refractivity contribution is -0.161. The summed E-state index contributed by atoms with van der Waals surface area (Å²) in [6.45, 7) is 5.89. The minimum Gasteiger partial charge on any atom is -0.462 e. The number of phosphoric ester groups is 1. The lowest BCUT2D eigenvalue weighted by atomic mass is 10.0. The Morgan fingerprint density at radius 3 is 1.61 bits per heavy atom. The van der Waals surface area contributed by atoms with Crippen LogP contribution in [0.15, 0.2) is 48.6 Å². The number of unbranched alkanes of at least 4 members (excludes halogenated alkanes) is 20. The second kappa shape index (κ2) is 40.7. The molecule has 0 heterocycles. The van der Waals surface area contributed by atoms with Crippen molar-refractivity contribution >= 4 is 19.8 Å². The van der Waals surface area contributed by atoms with Crippen molar-refractivity contribution in [3.8, 4) is 0 Å². The Labute approximate surface area is 348 Å². The molecular formula is C47H85O9P. The number of aliphatic hydroxyl groups excluding tert-OH is 1. The van der Waals surface area contributed by atoms with E-state index in [1.165, 1.54) is 96.3 Å². The molecule has 0 aliphatic heterocycles. The molecule has 57 heavy (non-hydrogen) atoms. The second-order valence-electron chi connectivity index (χ2n) is 16.1. The van der Waals surface area contributed by atoms with Crippen LogP contribution in [0.1, 0.15) is 207 Å². The topological polar surface area (TPSA) is 140 Å². The van der Waals surface area contributed by atoms with Crippen LogP contribution in [0, 0.1) is 5.92 Å². The van der Waals surface area contributed by atoms with Crippen molar-refractivity contribution in [2.45, 2.75) is 219 Å². The van der Waals surface area contributed by atoms with E-state index >= 15 is 0 Å². The maximum absolute atomic E-state index is 12.4. The molecule has 0 aliphatic carbocycles. The smallest absolute Gasteiger partial charge is 0.462 e. The number of hydrogen-bond acceptors (Lipinski definition) is 7. The van der Waals surface area contributed by atoms with Crippen molar-refractivity contribution in [3.63, 3.8) is 0 Å². The Morgan fingerprint density at radius 1 is 0.579 bits per heavy atom. The van der Waals surface area contributed by atoms with Crippen LogP contribution in [-0.4, -0.2) is 52.3 Å². The summed E-state index contributed by atoms with van der Waals surface area (Å²) in [5.74, 6) is -0.128. The molecule has 0 saturated carbocycles. The average molecular weight is 825 g/mol. The van der Waals surface area contributed by atoms with Crippen LogP contribution < -0.4 is 0 Å². The fourth-order valence-corrected chi connectivity index (χ4v) is 6.79. The molecule has 9 nitrogen and oxygen atoms in total. The Balaban J connectivity index is 3.97. The Kier molecular flexibility index (Phi) is 39.3. The first kappa shape index (κ1) is 55.0. The van der Waals surface area contributed by atoms with Crippen LogP contribution in [0.4, 0.5) is 0 Å². The first-order valence-corrected chi connectivity index (χ1v) is 24.4. The molecule has 10 heteroatoms. The number of aliphatic hydroxyl groups is 1. The first-order valence-electron chi connectivity index (χ1n) is 22.9. The molecule has 0 rings (SSSR count). The fourth-order valence-electron chi connectivity index (χ4n) is 6.43. The number of carbonyl (C=O) groups excluding carboxylic acids is 2. The molecule has 0 saturated heterocycles. The zero-order chi connectivity index (χ0) is 42.1. The molecule has 0 aliphatic rings. The molecule has 0 aromatic rings. The average Bonchev–Trinajstić information content (AvgIpc) is 3.16. The van der Waals surface area contributed by atoms with Crippen LogP contribution in [0.5, 0.6) is 0 Å². The Morgan fingerprint density at radius 2 is 1.07 bits per heavy atom. The van der Waals surface area contributed by atoms with E-state index in [1.807, 2.05) is 36.5 Å². The normalized spacial score (nSPS) is 13.5. The van der Waals surface area contributed by atoms with Crippen molar-refractivity contribution in [3.05, 3.63) is 48.6 Å². The zero-order valence-electron chi connectivity index (χ0n) is 36.5. The lowest BCUT2D eigenvalue weighted by Gasteiger charge is -2.18. The predicted octanol–water partition coefficient (Wildman–Crippen LogP) is 13.1. The minimum absolute atomic E-state index is 0.171. The van der Waals surface area contributed by atoms with Gasteiger partial charge in [0.05, 0.1) is 12.7 Å². The molecule has 0 aromatic carbocycles. The maximum Gasteiger partial charge on any atom is 0.469 e. The number of hydrogen-bond donors (Lipinski definition) is 3. The molecule has 0 fully saturated rings. The number of ether oxygens (including phenoxy) is 2. The van der Waals surface area contributed by atoms with E-state index in [1.54, 1.807) is 0 Å². The lowest BCUT2D eigenvalue weighted by Crippen LogP contribution is -2.29. The van der Waals surface area contributed by atoms with Gasteiger partial charge >= 0.3 is 19.8 Å². The van der Waals surface area contributed by atoms with Gasteiger partial charge in [-0.2, -0.15) is 0 Å². The third-order valence-corrected chi connectivity index (χ3v) is 10.4. The highest BCUT2D eigenvalue weighted by molar-refractivity contribution is 7.46. The number of allylic oxidation sites excluding steroid dienone is 7. The highest BCUT2D eigenvalue weighted by atomic mass is 31.2. The van der Waals surface area contributed by atoms with E-state index in [2.05, 4.69) is 37.4 Å². The molecule has 0 radical (unpaired) electrons. The molecule has 0 amide bonds. The van der Waals surface area contributed by atoms with Gasteiger partial charge in [0, 0.05) is 12.8 Å². The first-order chi connectivity index (χ1) is 27.5. The molecule has 3 N–H and O–H groups in total. The van der Waals surface area contributed by atoms with Crippen molar-refractivity contribution in [1.82, 2.24) is 0 Å². The van der Waals surface area contributed by atoms with Crippen molar-refractivity contribution in [2.75, 3.05) is 13.2 Å². The third-order valence-electron chi connectivity index (χ3n) is 9.88. The largest absolute Gasteiger partial charge is 0.469 e. The fraction of sp³-hybridized carbons (Fsp3) is 0.787. The summed E-state index contributed by atoms with van der Waals surface area (Å²) in [6, 6.07) is 0. The summed E-state index contributed by atoms with van der Waals surface area (Å²) in [4.78, 5) is 42.9. The van der Waals surface area contributed by atoms with Gasteiger partial charge in [-0.1, -0.05) is 204 Å². The predicted molar refractivity (Wildman–Crippen MR) is 236 cm³/mol. The summed E-state index contributed by atoms with van der Waals surface area (Å²) in [7, 11) is -4.78. The van der Waals surface area contributed by atoms with E-state index in [4.69, 9.17) is 19.3 Å². The molecule has 0 unspecified atom stereocenters. The highest BCUT2D eigenvalue weighted by Gasteiger charge is 2.22. The zero-order valence-corrected chi connectivity index (χ0v) is 37.4. The molecule has 0 aromatic heterocycles. The van der Waals surface area contributed by atoms with Crippen LogP contribution in [0.2, 0.25) is 0 Å². The van der Waals surface area contributed by atoms with Gasteiger partial charge in [0.2, 0.25) is 0 Å². The Bertz CT molecular complexity index is 1090. The van der Waals surface area contributed by atoms with Gasteiger partial charge in [-0.25, -0.2) is 4.57 Å². The van der Waals surface area contributed by atoms with Crippen molar-refractivity contribution in [2.24, 2.45) is 5.92 Å². The maximum atomic E-state index is 12.4. The summed E-state index contributed by atoms with van der Waals surface area (Å²) in [6.07, 6.45) is 46.0. The van der Waals surface area contributed by atoms with E-state index in [0.29, 0.717) is 19.3 Å². The van der Waals surface area contributed by atoms with Crippen molar-refractivity contribution < 1.29 is 43.0 Å². The number of carbonyl (C=O) groups is 2. The van der Waals surface area contributed by atoms with E-state index < -0.39 is 32.5 Å². The second-order valence-corrected chi connectivity index (χ2v) is 17.3. The van der Waals surface area contributed by atoms with Gasteiger partial charge in [0.1, 0.15) is 6.61 Å².